The average Bonchev–Trinajstić information content (AvgIpc) is 2.36. The van der Waals surface area contributed by atoms with Crippen molar-refractivity contribution in [2.24, 2.45) is 0 Å². The van der Waals surface area contributed by atoms with Crippen LogP contribution in [0, 0.1) is 6.92 Å². The Morgan fingerprint density at radius 2 is 2.11 bits per heavy atom. The topological polar surface area (TPSA) is 60.2 Å². The van der Waals surface area contributed by atoms with Gasteiger partial charge in [0.15, 0.2) is 0 Å². The zero-order valence-electron chi connectivity index (χ0n) is 10.2. The lowest BCUT2D eigenvalue weighted by Gasteiger charge is -2.10. The zero-order chi connectivity index (χ0) is 13.1. The summed E-state index contributed by atoms with van der Waals surface area (Å²) in [6.07, 6.45) is 1.74. The molecule has 0 spiro atoms. The van der Waals surface area contributed by atoms with Crippen LogP contribution in [0.2, 0.25) is 0 Å². The highest BCUT2D eigenvalue weighted by molar-refractivity contribution is 9.10. The number of benzene rings is 1. The number of nitrogens with zero attached hydrogens (tertiary/aromatic N) is 1. The minimum absolute atomic E-state index is 0.701. The number of nitrogen functional groups attached to an aromatic ring is 1. The van der Waals surface area contributed by atoms with E-state index >= 15 is 0 Å². The summed E-state index contributed by atoms with van der Waals surface area (Å²) in [4.78, 5) is 4.28. The molecule has 0 aliphatic carbocycles. The Kier molecular flexibility index (Phi) is 3.72. The Labute approximate surface area is 114 Å². The molecular weight excluding hydrogens is 294 g/mol. The molecule has 0 aliphatic rings. The fourth-order valence-corrected chi connectivity index (χ4v) is 1.82. The van der Waals surface area contributed by atoms with Crippen molar-refractivity contribution in [1.29, 1.82) is 0 Å². The molecule has 2 aromatic rings. The van der Waals surface area contributed by atoms with E-state index in [2.05, 4.69) is 26.2 Å². The molecule has 2 rings (SSSR count). The number of ether oxygens (including phenoxy) is 1. The third-order valence-electron chi connectivity index (χ3n) is 2.58. The number of pyridine rings is 1. The summed E-state index contributed by atoms with van der Waals surface area (Å²) in [5.41, 5.74) is 8.41. The molecule has 1 aromatic heterocycles. The normalized spacial score (nSPS) is 10.2. The van der Waals surface area contributed by atoms with Gasteiger partial charge in [0, 0.05) is 28.5 Å². The third-order valence-corrected chi connectivity index (χ3v) is 3.27. The Bertz CT molecular complexity index is 572. The van der Waals surface area contributed by atoms with Crippen LogP contribution in [0.1, 0.15) is 5.56 Å². The quantitative estimate of drug-likeness (QED) is 0.911. The molecule has 0 bridgehead atoms. The van der Waals surface area contributed by atoms with Crippen molar-refractivity contribution in [1.82, 2.24) is 4.98 Å². The number of rotatable bonds is 3. The third kappa shape index (κ3) is 2.73. The largest absolute Gasteiger partial charge is 0.497 e. The van der Waals surface area contributed by atoms with Crippen molar-refractivity contribution >= 4 is 33.1 Å². The Balaban J connectivity index is 2.30. The van der Waals surface area contributed by atoms with Crippen molar-refractivity contribution < 1.29 is 4.74 Å². The van der Waals surface area contributed by atoms with E-state index in [-0.39, 0.29) is 0 Å². The van der Waals surface area contributed by atoms with Gasteiger partial charge in [-0.1, -0.05) is 0 Å². The maximum absolute atomic E-state index is 5.85. The number of anilines is 3. The SMILES string of the molecule is COc1ccc(Br)c(Nc2cc(N)c(C)cn2)c1. The van der Waals surface area contributed by atoms with E-state index in [1.165, 1.54) is 0 Å². The number of hydrogen-bond donors (Lipinski definition) is 2. The Morgan fingerprint density at radius 1 is 1.33 bits per heavy atom. The number of nitrogens with one attached hydrogen (secondary N) is 1. The predicted octanol–water partition coefficient (Wildman–Crippen LogP) is 3.49. The first-order valence-corrected chi connectivity index (χ1v) is 6.22. The van der Waals surface area contributed by atoms with Crippen LogP contribution in [0.5, 0.6) is 5.75 Å². The lowest BCUT2D eigenvalue weighted by atomic mass is 10.2. The number of halogens is 1. The second-order valence-electron chi connectivity index (χ2n) is 3.90. The van der Waals surface area contributed by atoms with Crippen LogP contribution in [0.4, 0.5) is 17.2 Å². The van der Waals surface area contributed by atoms with Crippen molar-refractivity contribution in [3.63, 3.8) is 0 Å². The van der Waals surface area contributed by atoms with Crippen LogP contribution in [0.3, 0.4) is 0 Å². The van der Waals surface area contributed by atoms with E-state index in [4.69, 9.17) is 10.5 Å². The molecule has 94 valence electrons. The molecule has 0 atom stereocenters. The van der Waals surface area contributed by atoms with E-state index in [0.29, 0.717) is 11.5 Å². The van der Waals surface area contributed by atoms with Gasteiger partial charge in [-0.2, -0.15) is 0 Å². The van der Waals surface area contributed by atoms with Crippen LogP contribution in [-0.2, 0) is 0 Å². The van der Waals surface area contributed by atoms with E-state index < -0.39 is 0 Å². The molecule has 0 aliphatic heterocycles. The second-order valence-corrected chi connectivity index (χ2v) is 4.75. The van der Waals surface area contributed by atoms with Crippen molar-refractivity contribution in [2.75, 3.05) is 18.2 Å². The number of aryl methyl sites for hydroxylation is 1. The Morgan fingerprint density at radius 3 is 2.78 bits per heavy atom. The van der Waals surface area contributed by atoms with Crippen LogP contribution in [-0.4, -0.2) is 12.1 Å². The molecule has 1 heterocycles. The van der Waals surface area contributed by atoms with Gasteiger partial charge < -0.3 is 15.8 Å². The number of aromatic nitrogens is 1. The molecule has 5 heteroatoms. The average molecular weight is 308 g/mol. The summed E-state index contributed by atoms with van der Waals surface area (Å²) < 4.78 is 6.12. The fourth-order valence-electron chi connectivity index (χ4n) is 1.47. The van der Waals surface area contributed by atoms with Crippen LogP contribution < -0.4 is 15.8 Å². The molecule has 18 heavy (non-hydrogen) atoms. The van der Waals surface area contributed by atoms with Crippen LogP contribution in [0.25, 0.3) is 0 Å². The Hall–Kier alpha value is -1.75. The number of methoxy groups -OCH3 is 1. The zero-order valence-corrected chi connectivity index (χ0v) is 11.8. The maximum Gasteiger partial charge on any atom is 0.132 e. The lowest BCUT2D eigenvalue weighted by Crippen LogP contribution is -1.98. The molecule has 0 fully saturated rings. The molecule has 0 amide bonds. The molecule has 1 aromatic carbocycles. The van der Waals surface area contributed by atoms with Gasteiger partial charge in [0.25, 0.3) is 0 Å². The minimum atomic E-state index is 0.701. The van der Waals surface area contributed by atoms with E-state index in [9.17, 15) is 0 Å². The number of hydrogen-bond acceptors (Lipinski definition) is 4. The summed E-state index contributed by atoms with van der Waals surface area (Å²) in [5, 5.41) is 3.20. The summed E-state index contributed by atoms with van der Waals surface area (Å²) in [7, 11) is 1.63. The maximum atomic E-state index is 5.85. The molecule has 4 nitrogen and oxygen atoms in total. The molecule has 0 unspecified atom stereocenters. The molecular formula is C13H14BrN3O. The van der Waals surface area contributed by atoms with Crippen LogP contribution in [0.15, 0.2) is 34.9 Å². The van der Waals surface area contributed by atoms with Gasteiger partial charge in [-0.3, -0.25) is 0 Å². The summed E-state index contributed by atoms with van der Waals surface area (Å²) in [6.45, 7) is 1.92. The standard InChI is InChI=1S/C13H14BrN3O/c1-8-7-16-13(6-11(8)15)17-12-5-9(18-2)3-4-10(12)14/h3-7H,1-2H3,(H3,15,16,17). The molecule has 0 saturated heterocycles. The van der Waals surface area contributed by atoms with E-state index in [1.807, 2.05) is 25.1 Å². The second kappa shape index (κ2) is 5.27. The first kappa shape index (κ1) is 12.7. The van der Waals surface area contributed by atoms with Gasteiger partial charge >= 0.3 is 0 Å². The summed E-state index contributed by atoms with van der Waals surface area (Å²) >= 11 is 3.47. The molecule has 0 saturated carbocycles. The number of nitrogens with two attached hydrogens (primary N) is 1. The van der Waals surface area contributed by atoms with E-state index in [1.54, 1.807) is 19.4 Å². The fraction of sp³-hybridized carbons (Fsp3) is 0.154. The smallest absolute Gasteiger partial charge is 0.132 e. The predicted molar refractivity (Wildman–Crippen MR) is 77.4 cm³/mol. The van der Waals surface area contributed by atoms with Crippen molar-refractivity contribution in [2.45, 2.75) is 6.92 Å². The highest BCUT2D eigenvalue weighted by atomic mass is 79.9. The monoisotopic (exact) mass is 307 g/mol. The van der Waals surface area contributed by atoms with Gasteiger partial charge in [0.2, 0.25) is 0 Å². The molecule has 3 N–H and O–H groups in total. The van der Waals surface area contributed by atoms with Gasteiger partial charge in [-0.25, -0.2) is 4.98 Å². The highest BCUT2D eigenvalue weighted by Crippen LogP contribution is 2.29. The first-order chi connectivity index (χ1) is 8.60. The lowest BCUT2D eigenvalue weighted by molar-refractivity contribution is 0.415. The van der Waals surface area contributed by atoms with Crippen molar-refractivity contribution in [3.8, 4) is 5.75 Å². The first-order valence-electron chi connectivity index (χ1n) is 5.43. The van der Waals surface area contributed by atoms with Gasteiger partial charge in [0.05, 0.1) is 12.8 Å². The van der Waals surface area contributed by atoms with Gasteiger partial charge in [-0.15, -0.1) is 0 Å². The summed E-state index contributed by atoms with van der Waals surface area (Å²) in [6, 6.07) is 7.49. The molecule has 0 radical (unpaired) electrons. The minimum Gasteiger partial charge on any atom is -0.497 e. The van der Waals surface area contributed by atoms with Crippen molar-refractivity contribution in [3.05, 3.63) is 40.5 Å². The van der Waals surface area contributed by atoms with Crippen LogP contribution >= 0.6 is 15.9 Å². The summed E-state index contributed by atoms with van der Waals surface area (Å²) in [5.74, 6) is 1.48. The highest BCUT2D eigenvalue weighted by Gasteiger charge is 2.04. The van der Waals surface area contributed by atoms with Gasteiger partial charge in [-0.05, 0) is 40.5 Å². The van der Waals surface area contributed by atoms with Gasteiger partial charge in [0.1, 0.15) is 11.6 Å². The van der Waals surface area contributed by atoms with E-state index in [0.717, 1.165) is 21.5 Å².